The minimum atomic E-state index is -0.229. The Balaban J connectivity index is 1.40. The van der Waals surface area contributed by atoms with Crippen LogP contribution in [0, 0.1) is 56.2 Å². The zero-order valence-corrected chi connectivity index (χ0v) is 23.9. The van der Waals surface area contributed by atoms with Crippen molar-refractivity contribution in [2.24, 2.45) is 56.2 Å². The lowest BCUT2D eigenvalue weighted by Crippen LogP contribution is -2.68. The standard InChI is InChI=1S/C30H49BrO2/c1-25(2)12-14-30-15-13-28(6)18(22(30)24(25)33-17-30)8-9-21-27(5)16-19(32)23(31)26(3,4)20(27)10-11-29(21,28)7/h18-24,32H,8-17H2,1-7H3/t18-,19-,20-,21+,22-,23+,24+,27-,28+,29+,30+/m0/s1. The van der Waals surface area contributed by atoms with Crippen molar-refractivity contribution in [1.82, 2.24) is 0 Å². The molecule has 0 radical (unpaired) electrons. The molecule has 6 fully saturated rings. The van der Waals surface area contributed by atoms with Crippen LogP contribution in [0.25, 0.3) is 0 Å². The van der Waals surface area contributed by atoms with Crippen molar-refractivity contribution < 1.29 is 9.84 Å². The fourth-order valence-electron chi connectivity index (χ4n) is 12.1. The quantitative estimate of drug-likeness (QED) is 0.333. The summed E-state index contributed by atoms with van der Waals surface area (Å²) in [5.41, 5.74) is 1.96. The van der Waals surface area contributed by atoms with Crippen LogP contribution in [0.2, 0.25) is 0 Å². The summed E-state index contributed by atoms with van der Waals surface area (Å²) in [6, 6.07) is 0. The van der Waals surface area contributed by atoms with Gasteiger partial charge in [0.15, 0.2) is 0 Å². The Morgan fingerprint density at radius 2 is 1.48 bits per heavy atom. The number of rotatable bonds is 0. The number of halogens is 1. The first kappa shape index (κ1) is 23.8. The molecule has 1 saturated heterocycles. The van der Waals surface area contributed by atoms with Crippen molar-refractivity contribution in [3.8, 4) is 0 Å². The van der Waals surface area contributed by atoms with Crippen LogP contribution in [0.15, 0.2) is 0 Å². The topological polar surface area (TPSA) is 29.5 Å². The normalized spacial score (nSPS) is 60.8. The third-order valence-corrected chi connectivity index (χ3v) is 15.8. The van der Waals surface area contributed by atoms with Gasteiger partial charge in [-0.25, -0.2) is 0 Å². The van der Waals surface area contributed by atoms with Crippen molar-refractivity contribution in [3.63, 3.8) is 0 Å². The fraction of sp³-hybridized carbons (Fsp3) is 1.00. The molecule has 188 valence electrons. The number of hydrogen-bond acceptors (Lipinski definition) is 2. The maximum absolute atomic E-state index is 11.2. The van der Waals surface area contributed by atoms with E-state index < -0.39 is 0 Å². The number of aliphatic hydroxyl groups is 1. The van der Waals surface area contributed by atoms with Crippen molar-refractivity contribution in [3.05, 3.63) is 0 Å². The van der Waals surface area contributed by atoms with E-state index in [1.807, 2.05) is 0 Å². The van der Waals surface area contributed by atoms with Crippen LogP contribution in [-0.2, 0) is 4.74 Å². The van der Waals surface area contributed by atoms with Crippen molar-refractivity contribution in [1.29, 1.82) is 0 Å². The molecule has 33 heavy (non-hydrogen) atoms. The van der Waals surface area contributed by atoms with Crippen LogP contribution in [0.3, 0.4) is 0 Å². The highest BCUT2D eigenvalue weighted by molar-refractivity contribution is 9.09. The first-order valence-electron chi connectivity index (χ1n) is 14.2. The van der Waals surface area contributed by atoms with Crippen molar-refractivity contribution >= 4 is 15.9 Å². The summed E-state index contributed by atoms with van der Waals surface area (Å²) in [6.07, 6.45) is 12.2. The third kappa shape index (κ3) is 2.70. The molecule has 2 bridgehead atoms. The van der Waals surface area contributed by atoms with Gasteiger partial charge in [-0.15, -0.1) is 0 Å². The van der Waals surface area contributed by atoms with E-state index in [2.05, 4.69) is 64.4 Å². The molecule has 0 aromatic rings. The van der Waals surface area contributed by atoms with Gasteiger partial charge in [-0.3, -0.25) is 0 Å². The van der Waals surface area contributed by atoms with Gasteiger partial charge in [-0.2, -0.15) is 0 Å². The Morgan fingerprint density at radius 1 is 0.788 bits per heavy atom. The Bertz CT molecular complexity index is 837. The predicted molar refractivity (Wildman–Crippen MR) is 138 cm³/mol. The highest BCUT2D eigenvalue weighted by Gasteiger charge is 2.73. The van der Waals surface area contributed by atoms with Crippen LogP contribution in [0.4, 0.5) is 0 Å². The average molecular weight is 522 g/mol. The summed E-state index contributed by atoms with van der Waals surface area (Å²) in [5.74, 6) is 3.00. The van der Waals surface area contributed by atoms with E-state index in [-0.39, 0.29) is 21.8 Å². The maximum Gasteiger partial charge on any atom is 0.0675 e. The first-order chi connectivity index (χ1) is 15.2. The van der Waals surface area contributed by atoms with Gasteiger partial charge in [0, 0.05) is 4.83 Å². The molecule has 11 atom stereocenters. The molecule has 1 heterocycles. The molecule has 5 saturated carbocycles. The molecule has 6 rings (SSSR count). The highest BCUT2D eigenvalue weighted by Crippen LogP contribution is 2.78. The Kier molecular flexibility index (Phi) is 4.92. The summed E-state index contributed by atoms with van der Waals surface area (Å²) in [7, 11) is 0. The molecule has 0 amide bonds. The number of ether oxygens (including phenoxy) is 1. The van der Waals surface area contributed by atoms with Gasteiger partial charge < -0.3 is 9.84 Å². The van der Waals surface area contributed by atoms with Gasteiger partial charge in [0.05, 0.1) is 18.8 Å². The average Bonchev–Trinajstić information content (AvgIpc) is 3.06. The second-order valence-electron chi connectivity index (χ2n) is 15.8. The Labute approximate surface area is 211 Å². The van der Waals surface area contributed by atoms with Crippen LogP contribution < -0.4 is 0 Å². The monoisotopic (exact) mass is 520 g/mol. The largest absolute Gasteiger partial charge is 0.392 e. The molecular weight excluding hydrogens is 472 g/mol. The number of alkyl halides is 1. The van der Waals surface area contributed by atoms with Crippen molar-refractivity contribution in [2.45, 2.75) is 123 Å². The molecule has 1 aliphatic heterocycles. The summed E-state index contributed by atoms with van der Waals surface area (Å²) < 4.78 is 6.71. The van der Waals surface area contributed by atoms with E-state index in [0.29, 0.717) is 33.7 Å². The van der Waals surface area contributed by atoms with Crippen LogP contribution in [0.1, 0.15) is 106 Å². The van der Waals surface area contributed by atoms with Gasteiger partial charge in [0.1, 0.15) is 0 Å². The van der Waals surface area contributed by atoms with Gasteiger partial charge in [0.2, 0.25) is 0 Å². The Hall–Kier alpha value is 0.400. The van der Waals surface area contributed by atoms with E-state index in [4.69, 9.17) is 4.74 Å². The summed E-state index contributed by atoms with van der Waals surface area (Å²) in [5, 5.41) is 11.2. The summed E-state index contributed by atoms with van der Waals surface area (Å²) >= 11 is 3.93. The minimum absolute atomic E-state index is 0.141. The smallest absolute Gasteiger partial charge is 0.0675 e. The predicted octanol–water partition coefficient (Wildman–Crippen LogP) is 7.61. The van der Waals surface area contributed by atoms with Gasteiger partial charge >= 0.3 is 0 Å². The van der Waals surface area contributed by atoms with Crippen molar-refractivity contribution in [2.75, 3.05) is 6.61 Å². The maximum atomic E-state index is 11.2. The second kappa shape index (κ2) is 6.83. The number of fused-ring (bicyclic) bond motifs is 5. The molecule has 0 unspecified atom stereocenters. The molecule has 0 aromatic heterocycles. The van der Waals surface area contributed by atoms with E-state index in [9.17, 15) is 5.11 Å². The zero-order valence-electron chi connectivity index (χ0n) is 22.3. The first-order valence-corrected chi connectivity index (χ1v) is 15.1. The molecule has 5 aliphatic carbocycles. The molecule has 6 aliphatic rings. The van der Waals surface area contributed by atoms with Crippen LogP contribution in [-0.4, -0.2) is 28.7 Å². The number of aliphatic hydroxyl groups excluding tert-OH is 1. The molecule has 2 nitrogen and oxygen atoms in total. The minimum Gasteiger partial charge on any atom is -0.392 e. The highest BCUT2D eigenvalue weighted by atomic mass is 79.9. The lowest BCUT2D eigenvalue weighted by Gasteiger charge is -2.73. The molecule has 0 spiro atoms. The Morgan fingerprint density at radius 3 is 2.21 bits per heavy atom. The van der Waals surface area contributed by atoms with Gasteiger partial charge in [0.25, 0.3) is 0 Å². The molecule has 3 heteroatoms. The number of hydrogen-bond donors (Lipinski definition) is 1. The van der Waals surface area contributed by atoms with Gasteiger partial charge in [-0.05, 0) is 114 Å². The zero-order chi connectivity index (χ0) is 23.8. The SMILES string of the molecule is CC1(C)CC[C@]23CC[C@]4(C)[C@@H](CC[C@@H]5[C@@]6(C)C[C@H](O)[C@@H](Br)C(C)(C)[C@@H]6CC[C@]54C)[C@H]2[C@H]1OC3. The van der Waals surface area contributed by atoms with E-state index in [0.717, 1.165) is 30.8 Å². The van der Waals surface area contributed by atoms with E-state index >= 15 is 0 Å². The van der Waals surface area contributed by atoms with Crippen LogP contribution >= 0.6 is 15.9 Å². The summed E-state index contributed by atoms with van der Waals surface area (Å²) in [6.45, 7) is 18.9. The van der Waals surface area contributed by atoms with E-state index in [1.165, 1.54) is 51.4 Å². The second-order valence-corrected chi connectivity index (χ2v) is 16.8. The lowest BCUT2D eigenvalue weighted by molar-refractivity contribution is -0.248. The molecule has 0 aromatic carbocycles. The lowest BCUT2D eigenvalue weighted by atomic mass is 9.31. The van der Waals surface area contributed by atoms with Gasteiger partial charge in [-0.1, -0.05) is 64.4 Å². The summed E-state index contributed by atoms with van der Waals surface area (Å²) in [4.78, 5) is 0.214. The molecular formula is C30H49BrO2. The van der Waals surface area contributed by atoms with Crippen LogP contribution in [0.5, 0.6) is 0 Å². The third-order valence-electron chi connectivity index (χ3n) is 14.0. The fourth-order valence-corrected chi connectivity index (χ4v) is 12.6. The van der Waals surface area contributed by atoms with E-state index in [1.54, 1.807) is 0 Å². The molecule has 1 N–H and O–H groups in total.